The Kier molecular flexibility index (Phi) is 8.24. The molecule has 2 atom stereocenters. The van der Waals surface area contributed by atoms with E-state index in [1.165, 1.54) is 0 Å². The van der Waals surface area contributed by atoms with Crippen molar-refractivity contribution >= 4 is 30.1 Å². The molecule has 1 N–H and O–H groups in total. The second kappa shape index (κ2) is 8.20. The van der Waals surface area contributed by atoms with Gasteiger partial charge in [-0.05, 0) is 26.0 Å². The topological polar surface area (TPSA) is 32.3 Å². The van der Waals surface area contributed by atoms with Crippen LogP contribution in [0.15, 0.2) is 0 Å². The van der Waals surface area contributed by atoms with E-state index < -0.39 is 0 Å². The van der Waals surface area contributed by atoms with Crippen molar-refractivity contribution in [2.24, 2.45) is 0 Å². The maximum Gasteiger partial charge on any atom is 0.232 e. The maximum absolute atomic E-state index is 11.9. The standard InChI is InChI=1S/C11H22N2OS.ClH/c1-4-7-15-8-11(14)13-6-5-12-9(2)10(13)3;/h9-10,12H,4-8H2,1-3H3;1H. The summed E-state index contributed by atoms with van der Waals surface area (Å²) in [6, 6.07) is 0.743. The molecule has 1 rings (SSSR count). The first kappa shape index (κ1) is 16.1. The van der Waals surface area contributed by atoms with E-state index in [0.29, 0.717) is 23.7 Å². The van der Waals surface area contributed by atoms with Crippen LogP contribution < -0.4 is 5.32 Å². The molecular formula is C11H23ClN2OS. The van der Waals surface area contributed by atoms with Crippen LogP contribution in [0.25, 0.3) is 0 Å². The van der Waals surface area contributed by atoms with Crippen molar-refractivity contribution in [2.45, 2.75) is 39.3 Å². The van der Waals surface area contributed by atoms with E-state index in [9.17, 15) is 4.79 Å². The molecule has 1 aliphatic rings. The molecule has 0 spiro atoms. The average molecular weight is 267 g/mol. The number of halogens is 1. The highest BCUT2D eigenvalue weighted by atomic mass is 35.5. The SMILES string of the molecule is CCCSCC(=O)N1CCNC(C)C1C.Cl. The Labute approximate surface area is 109 Å². The zero-order chi connectivity index (χ0) is 11.3. The fourth-order valence-corrected chi connectivity index (χ4v) is 2.57. The first-order valence-corrected chi connectivity index (χ1v) is 6.93. The molecule has 1 heterocycles. The minimum Gasteiger partial charge on any atom is -0.336 e. The van der Waals surface area contributed by atoms with Gasteiger partial charge in [-0.2, -0.15) is 11.8 Å². The van der Waals surface area contributed by atoms with Gasteiger partial charge in [0.05, 0.1) is 5.75 Å². The molecule has 0 aromatic heterocycles. The number of piperazine rings is 1. The highest BCUT2D eigenvalue weighted by Crippen LogP contribution is 2.12. The number of thioether (sulfide) groups is 1. The van der Waals surface area contributed by atoms with Crippen LogP contribution in [-0.2, 0) is 4.79 Å². The Morgan fingerprint density at radius 3 is 2.81 bits per heavy atom. The second-order valence-electron chi connectivity index (χ2n) is 4.12. The summed E-state index contributed by atoms with van der Waals surface area (Å²) in [5.74, 6) is 2.03. The molecule has 0 bridgehead atoms. The third-order valence-electron chi connectivity index (χ3n) is 2.93. The smallest absolute Gasteiger partial charge is 0.232 e. The zero-order valence-electron chi connectivity index (χ0n) is 10.4. The number of rotatable bonds is 4. The molecule has 96 valence electrons. The third-order valence-corrected chi connectivity index (χ3v) is 4.08. The van der Waals surface area contributed by atoms with Crippen molar-refractivity contribution in [3.8, 4) is 0 Å². The van der Waals surface area contributed by atoms with Gasteiger partial charge in [0.1, 0.15) is 0 Å². The number of amides is 1. The average Bonchev–Trinajstić information content (AvgIpc) is 2.22. The lowest BCUT2D eigenvalue weighted by molar-refractivity contribution is -0.131. The molecule has 1 saturated heterocycles. The van der Waals surface area contributed by atoms with Crippen molar-refractivity contribution in [2.75, 3.05) is 24.6 Å². The first-order chi connectivity index (χ1) is 7.16. The largest absolute Gasteiger partial charge is 0.336 e. The van der Waals surface area contributed by atoms with Crippen LogP contribution in [0.4, 0.5) is 0 Å². The van der Waals surface area contributed by atoms with Gasteiger partial charge in [0.15, 0.2) is 0 Å². The molecule has 0 aromatic carbocycles. The molecule has 16 heavy (non-hydrogen) atoms. The van der Waals surface area contributed by atoms with E-state index in [1.54, 1.807) is 11.8 Å². The summed E-state index contributed by atoms with van der Waals surface area (Å²) in [6.45, 7) is 8.20. The fourth-order valence-electron chi connectivity index (χ4n) is 1.80. The number of hydrogen-bond acceptors (Lipinski definition) is 3. The Hall–Kier alpha value is 0.0700. The molecule has 1 aliphatic heterocycles. The van der Waals surface area contributed by atoms with Gasteiger partial charge in [-0.25, -0.2) is 0 Å². The third kappa shape index (κ3) is 4.52. The van der Waals surface area contributed by atoms with Gasteiger partial charge in [-0.15, -0.1) is 12.4 Å². The van der Waals surface area contributed by atoms with Gasteiger partial charge in [0.25, 0.3) is 0 Å². The van der Waals surface area contributed by atoms with E-state index in [-0.39, 0.29) is 12.4 Å². The summed E-state index contributed by atoms with van der Waals surface area (Å²) < 4.78 is 0. The second-order valence-corrected chi connectivity index (χ2v) is 5.23. The highest BCUT2D eigenvalue weighted by Gasteiger charge is 2.27. The molecule has 0 aliphatic carbocycles. The number of carbonyl (C=O) groups excluding carboxylic acids is 1. The van der Waals surface area contributed by atoms with Crippen LogP contribution in [0.1, 0.15) is 27.2 Å². The summed E-state index contributed by atoms with van der Waals surface area (Å²) in [7, 11) is 0. The number of carbonyl (C=O) groups is 1. The molecule has 3 nitrogen and oxygen atoms in total. The quantitative estimate of drug-likeness (QED) is 0.787. The Morgan fingerprint density at radius 2 is 2.19 bits per heavy atom. The van der Waals surface area contributed by atoms with Gasteiger partial charge in [0, 0.05) is 25.2 Å². The predicted octanol–water partition coefficient (Wildman–Crippen LogP) is 1.76. The minimum absolute atomic E-state index is 0. The van der Waals surface area contributed by atoms with Crippen molar-refractivity contribution < 1.29 is 4.79 Å². The van der Waals surface area contributed by atoms with Crippen molar-refractivity contribution in [3.63, 3.8) is 0 Å². The molecule has 5 heteroatoms. The van der Waals surface area contributed by atoms with Crippen molar-refractivity contribution in [3.05, 3.63) is 0 Å². The lowest BCUT2D eigenvalue weighted by Crippen LogP contribution is -2.57. The van der Waals surface area contributed by atoms with Gasteiger partial charge in [0.2, 0.25) is 5.91 Å². The number of nitrogens with zero attached hydrogens (tertiary/aromatic N) is 1. The number of hydrogen-bond donors (Lipinski definition) is 1. The highest BCUT2D eigenvalue weighted by molar-refractivity contribution is 7.99. The van der Waals surface area contributed by atoms with Crippen LogP contribution in [0.3, 0.4) is 0 Å². The van der Waals surface area contributed by atoms with Crippen molar-refractivity contribution in [1.29, 1.82) is 0 Å². The fraction of sp³-hybridized carbons (Fsp3) is 0.909. The van der Waals surface area contributed by atoms with Crippen LogP contribution >= 0.6 is 24.2 Å². The molecular weight excluding hydrogens is 244 g/mol. The summed E-state index contributed by atoms with van der Waals surface area (Å²) in [6.07, 6.45) is 1.14. The van der Waals surface area contributed by atoms with E-state index in [1.807, 2.05) is 4.90 Å². The Bertz CT molecular complexity index is 216. The van der Waals surface area contributed by atoms with E-state index in [0.717, 1.165) is 25.3 Å². The van der Waals surface area contributed by atoms with Crippen LogP contribution in [-0.4, -0.2) is 47.5 Å². The number of nitrogens with one attached hydrogen (secondary N) is 1. The van der Waals surface area contributed by atoms with Crippen LogP contribution in [0.5, 0.6) is 0 Å². The minimum atomic E-state index is 0. The molecule has 0 saturated carbocycles. The molecule has 1 amide bonds. The predicted molar refractivity (Wildman–Crippen MR) is 73.5 cm³/mol. The molecule has 0 aromatic rings. The lowest BCUT2D eigenvalue weighted by Gasteiger charge is -2.38. The molecule has 1 fully saturated rings. The summed E-state index contributed by atoms with van der Waals surface area (Å²) >= 11 is 1.75. The van der Waals surface area contributed by atoms with E-state index in [4.69, 9.17) is 0 Å². The van der Waals surface area contributed by atoms with Gasteiger partial charge in [-0.1, -0.05) is 6.92 Å². The van der Waals surface area contributed by atoms with Crippen LogP contribution in [0.2, 0.25) is 0 Å². The van der Waals surface area contributed by atoms with Gasteiger partial charge < -0.3 is 10.2 Å². The van der Waals surface area contributed by atoms with Gasteiger partial charge >= 0.3 is 0 Å². The first-order valence-electron chi connectivity index (χ1n) is 5.77. The molecule has 2 unspecified atom stereocenters. The zero-order valence-corrected chi connectivity index (χ0v) is 12.0. The summed E-state index contributed by atoms with van der Waals surface area (Å²) in [5, 5.41) is 3.38. The van der Waals surface area contributed by atoms with Gasteiger partial charge in [-0.3, -0.25) is 4.79 Å². The van der Waals surface area contributed by atoms with E-state index in [2.05, 4.69) is 26.1 Å². The maximum atomic E-state index is 11.9. The van der Waals surface area contributed by atoms with E-state index >= 15 is 0 Å². The monoisotopic (exact) mass is 266 g/mol. The normalized spacial score (nSPS) is 25.1. The lowest BCUT2D eigenvalue weighted by atomic mass is 10.1. The van der Waals surface area contributed by atoms with Crippen molar-refractivity contribution in [1.82, 2.24) is 10.2 Å². The summed E-state index contributed by atoms with van der Waals surface area (Å²) in [5.41, 5.74) is 0. The molecule has 0 radical (unpaired) electrons. The van der Waals surface area contributed by atoms with Crippen LogP contribution in [0, 0.1) is 0 Å². The Balaban J connectivity index is 0.00000225. The summed E-state index contributed by atoms with van der Waals surface area (Å²) in [4.78, 5) is 13.9. The Morgan fingerprint density at radius 1 is 1.50 bits per heavy atom.